The standard InChI is InChI=1S/C18H29NO/c1-15(2)10-11-16(3)7-5-8-17(4)12-14-19-13-6-9-18(19)20/h7,10,12H,5-6,8-9,11,13-14H2,1-4H3/b16-7+,17-12+. The zero-order valence-corrected chi connectivity index (χ0v) is 13.5. The van der Waals surface area contributed by atoms with E-state index < -0.39 is 0 Å². The van der Waals surface area contributed by atoms with Crippen molar-refractivity contribution in [2.75, 3.05) is 13.1 Å². The fourth-order valence-corrected chi connectivity index (χ4v) is 2.26. The van der Waals surface area contributed by atoms with Crippen LogP contribution in [0.1, 0.15) is 59.8 Å². The lowest BCUT2D eigenvalue weighted by atomic mass is 10.1. The normalized spacial score (nSPS) is 16.8. The second kappa shape index (κ2) is 8.78. The number of carbonyl (C=O) groups is 1. The Morgan fingerprint density at radius 1 is 1.10 bits per heavy atom. The van der Waals surface area contributed by atoms with Gasteiger partial charge in [0.25, 0.3) is 0 Å². The van der Waals surface area contributed by atoms with E-state index in [-0.39, 0.29) is 0 Å². The average Bonchev–Trinajstić information content (AvgIpc) is 2.79. The molecule has 0 saturated carbocycles. The van der Waals surface area contributed by atoms with Gasteiger partial charge in [-0.2, -0.15) is 0 Å². The van der Waals surface area contributed by atoms with Crippen molar-refractivity contribution in [2.24, 2.45) is 0 Å². The summed E-state index contributed by atoms with van der Waals surface area (Å²) in [5.74, 6) is 0.312. The highest BCUT2D eigenvalue weighted by Gasteiger charge is 2.18. The number of nitrogens with zero attached hydrogens (tertiary/aromatic N) is 1. The molecule has 1 fully saturated rings. The second-order valence-corrected chi connectivity index (χ2v) is 6.07. The zero-order chi connectivity index (χ0) is 15.0. The predicted octanol–water partition coefficient (Wildman–Crippen LogP) is 4.64. The van der Waals surface area contributed by atoms with Crippen molar-refractivity contribution >= 4 is 5.91 Å². The van der Waals surface area contributed by atoms with Gasteiger partial charge in [-0.1, -0.05) is 34.9 Å². The molecule has 1 heterocycles. The summed E-state index contributed by atoms with van der Waals surface area (Å²) in [6, 6.07) is 0. The molecule has 1 amide bonds. The molecule has 0 unspecified atom stereocenters. The number of hydrogen-bond acceptors (Lipinski definition) is 1. The molecule has 20 heavy (non-hydrogen) atoms. The molecule has 0 radical (unpaired) electrons. The van der Waals surface area contributed by atoms with Crippen LogP contribution in [0, 0.1) is 0 Å². The third-order valence-electron chi connectivity index (χ3n) is 3.70. The van der Waals surface area contributed by atoms with Gasteiger partial charge >= 0.3 is 0 Å². The molecule has 1 aliphatic rings. The van der Waals surface area contributed by atoms with E-state index >= 15 is 0 Å². The molecule has 0 bridgehead atoms. The Bertz CT molecular complexity index is 411. The maximum Gasteiger partial charge on any atom is 0.222 e. The maximum absolute atomic E-state index is 11.5. The summed E-state index contributed by atoms with van der Waals surface area (Å²) < 4.78 is 0. The number of rotatable bonds is 7. The lowest BCUT2D eigenvalue weighted by Gasteiger charge is -2.13. The summed E-state index contributed by atoms with van der Waals surface area (Å²) in [5.41, 5.74) is 4.20. The highest BCUT2D eigenvalue weighted by atomic mass is 16.2. The molecular weight excluding hydrogens is 246 g/mol. The molecule has 2 heteroatoms. The van der Waals surface area contributed by atoms with Crippen LogP contribution in [-0.2, 0) is 4.79 Å². The summed E-state index contributed by atoms with van der Waals surface area (Å²) in [4.78, 5) is 13.5. The molecule has 1 saturated heterocycles. The van der Waals surface area contributed by atoms with Crippen LogP contribution in [0.5, 0.6) is 0 Å². The van der Waals surface area contributed by atoms with Crippen LogP contribution in [-0.4, -0.2) is 23.9 Å². The van der Waals surface area contributed by atoms with Crippen molar-refractivity contribution in [3.05, 3.63) is 34.9 Å². The monoisotopic (exact) mass is 275 g/mol. The van der Waals surface area contributed by atoms with Crippen LogP contribution in [0.3, 0.4) is 0 Å². The van der Waals surface area contributed by atoms with Crippen LogP contribution < -0.4 is 0 Å². The first kappa shape index (κ1) is 16.7. The number of carbonyl (C=O) groups excluding carboxylic acids is 1. The Morgan fingerprint density at radius 3 is 2.45 bits per heavy atom. The van der Waals surface area contributed by atoms with E-state index in [1.54, 1.807) is 0 Å². The van der Waals surface area contributed by atoms with E-state index in [1.807, 2.05) is 4.90 Å². The third-order valence-corrected chi connectivity index (χ3v) is 3.70. The number of allylic oxidation sites excluding steroid dienone is 5. The van der Waals surface area contributed by atoms with Gasteiger partial charge in [-0.25, -0.2) is 0 Å². The van der Waals surface area contributed by atoms with Crippen molar-refractivity contribution in [1.82, 2.24) is 4.90 Å². The van der Waals surface area contributed by atoms with E-state index in [9.17, 15) is 4.79 Å². The molecule has 0 aliphatic carbocycles. The van der Waals surface area contributed by atoms with E-state index in [4.69, 9.17) is 0 Å². The Morgan fingerprint density at radius 2 is 1.85 bits per heavy atom. The van der Waals surface area contributed by atoms with Gasteiger partial charge in [-0.3, -0.25) is 4.79 Å². The molecule has 0 atom stereocenters. The van der Waals surface area contributed by atoms with Crippen molar-refractivity contribution in [3.8, 4) is 0 Å². The van der Waals surface area contributed by atoms with Crippen molar-refractivity contribution in [1.29, 1.82) is 0 Å². The van der Waals surface area contributed by atoms with Gasteiger partial charge < -0.3 is 4.90 Å². The number of likely N-dealkylation sites (tertiary alicyclic amines) is 1. The zero-order valence-electron chi connectivity index (χ0n) is 13.5. The fourth-order valence-electron chi connectivity index (χ4n) is 2.26. The molecule has 0 spiro atoms. The maximum atomic E-state index is 11.5. The topological polar surface area (TPSA) is 20.3 Å². The van der Waals surface area contributed by atoms with Gasteiger partial charge in [0.1, 0.15) is 0 Å². The minimum atomic E-state index is 0.312. The first-order valence-electron chi connectivity index (χ1n) is 7.71. The quantitative estimate of drug-likeness (QED) is 0.620. The van der Waals surface area contributed by atoms with Crippen molar-refractivity contribution < 1.29 is 4.79 Å². The van der Waals surface area contributed by atoms with E-state index in [1.165, 1.54) is 16.7 Å². The Labute approximate surface area is 124 Å². The third kappa shape index (κ3) is 6.74. The Kier molecular flexibility index (Phi) is 7.35. The van der Waals surface area contributed by atoms with Gasteiger partial charge in [0.2, 0.25) is 5.91 Å². The summed E-state index contributed by atoms with van der Waals surface area (Å²) in [6.07, 6.45) is 11.8. The van der Waals surface area contributed by atoms with Crippen molar-refractivity contribution in [2.45, 2.75) is 59.8 Å². The summed E-state index contributed by atoms with van der Waals surface area (Å²) in [6.45, 7) is 10.4. The molecule has 0 aromatic carbocycles. The largest absolute Gasteiger partial charge is 0.339 e. The molecule has 0 aromatic heterocycles. The van der Waals surface area contributed by atoms with Gasteiger partial charge in [0.15, 0.2) is 0 Å². The summed E-state index contributed by atoms with van der Waals surface area (Å²) >= 11 is 0. The van der Waals surface area contributed by atoms with Gasteiger partial charge in [-0.05, 0) is 53.4 Å². The van der Waals surface area contributed by atoms with Crippen LogP contribution in [0.15, 0.2) is 34.9 Å². The van der Waals surface area contributed by atoms with E-state index in [0.29, 0.717) is 5.91 Å². The lowest BCUT2D eigenvalue weighted by molar-refractivity contribution is -0.127. The number of hydrogen-bond donors (Lipinski definition) is 0. The molecule has 112 valence electrons. The smallest absolute Gasteiger partial charge is 0.222 e. The van der Waals surface area contributed by atoms with Gasteiger partial charge in [-0.15, -0.1) is 0 Å². The number of amides is 1. The SMILES string of the molecule is CC(C)=CC/C(C)=C/CC/C(C)=C/CN1CCCC1=O. The van der Waals surface area contributed by atoms with E-state index in [0.717, 1.165) is 45.2 Å². The lowest BCUT2D eigenvalue weighted by Crippen LogP contribution is -2.24. The minimum Gasteiger partial charge on any atom is -0.339 e. The average molecular weight is 275 g/mol. The molecule has 1 rings (SSSR count). The first-order chi connectivity index (χ1) is 9.49. The fraction of sp³-hybridized carbons (Fsp3) is 0.611. The molecule has 0 N–H and O–H groups in total. The van der Waals surface area contributed by atoms with Crippen LogP contribution in [0.25, 0.3) is 0 Å². The van der Waals surface area contributed by atoms with Gasteiger partial charge in [0, 0.05) is 19.5 Å². The first-order valence-corrected chi connectivity index (χ1v) is 7.71. The highest BCUT2D eigenvalue weighted by Crippen LogP contribution is 2.12. The predicted molar refractivity (Wildman–Crippen MR) is 86.6 cm³/mol. The van der Waals surface area contributed by atoms with E-state index in [2.05, 4.69) is 45.9 Å². The van der Waals surface area contributed by atoms with Crippen LogP contribution in [0.4, 0.5) is 0 Å². The minimum absolute atomic E-state index is 0.312. The van der Waals surface area contributed by atoms with Crippen molar-refractivity contribution in [3.63, 3.8) is 0 Å². The highest BCUT2D eigenvalue weighted by molar-refractivity contribution is 5.78. The molecule has 2 nitrogen and oxygen atoms in total. The van der Waals surface area contributed by atoms with Gasteiger partial charge in [0.05, 0.1) is 0 Å². The second-order valence-electron chi connectivity index (χ2n) is 6.07. The summed E-state index contributed by atoms with van der Waals surface area (Å²) in [7, 11) is 0. The summed E-state index contributed by atoms with van der Waals surface area (Å²) in [5, 5.41) is 0. The van der Waals surface area contributed by atoms with Crippen LogP contribution in [0.2, 0.25) is 0 Å². The van der Waals surface area contributed by atoms with Crippen LogP contribution >= 0.6 is 0 Å². The molecule has 1 aliphatic heterocycles. The molecular formula is C18H29NO. The molecule has 0 aromatic rings. The Hall–Kier alpha value is -1.31. The Balaban J connectivity index is 2.28.